The second-order valence-corrected chi connectivity index (χ2v) is 6.96. The fourth-order valence-corrected chi connectivity index (χ4v) is 3.43. The Morgan fingerprint density at radius 3 is 3.00 bits per heavy atom. The third-order valence-corrected chi connectivity index (χ3v) is 4.83. The van der Waals surface area contributed by atoms with Gasteiger partial charge in [0.1, 0.15) is 0 Å². The Labute approximate surface area is 157 Å². The number of hydrogen-bond acceptors (Lipinski definition) is 4. The molecule has 140 valence electrons. The van der Waals surface area contributed by atoms with Gasteiger partial charge in [-0.3, -0.25) is 4.68 Å². The molecule has 0 saturated carbocycles. The van der Waals surface area contributed by atoms with Gasteiger partial charge in [0.15, 0.2) is 0 Å². The van der Waals surface area contributed by atoms with Crippen molar-refractivity contribution in [2.24, 2.45) is 7.05 Å². The summed E-state index contributed by atoms with van der Waals surface area (Å²) in [5, 5.41) is 20.5. The number of amides is 2. The molecule has 26 heavy (non-hydrogen) atoms. The van der Waals surface area contributed by atoms with Crippen LogP contribution in [-0.2, 0) is 7.05 Å². The normalized spacial score (nSPS) is 18.4. The van der Waals surface area contributed by atoms with E-state index >= 15 is 0 Å². The highest BCUT2D eigenvalue weighted by molar-refractivity contribution is 6.33. The number of anilines is 1. The standard InChI is InChI=1S/C18H24ClN5O2/c1-23-11-13(9-21-23)17(25)10-20-18(26)22-14-5-4-8-24(12-14)16-7-3-2-6-15(16)19/h2-3,6-7,9,11,14,17,25H,4-5,8,10,12H2,1H3,(H2,20,22,26). The number of halogens is 1. The van der Waals surface area contributed by atoms with Crippen LogP contribution >= 0.6 is 11.6 Å². The van der Waals surface area contributed by atoms with Crippen molar-refractivity contribution in [2.45, 2.75) is 25.0 Å². The van der Waals surface area contributed by atoms with Crippen LogP contribution in [-0.4, -0.2) is 46.6 Å². The molecule has 2 aromatic rings. The molecule has 1 aromatic heterocycles. The van der Waals surface area contributed by atoms with Crippen molar-refractivity contribution >= 4 is 23.3 Å². The first kappa shape index (κ1) is 18.5. The highest BCUT2D eigenvalue weighted by Gasteiger charge is 2.23. The first-order valence-corrected chi connectivity index (χ1v) is 9.11. The first-order valence-electron chi connectivity index (χ1n) is 8.73. The highest BCUT2D eigenvalue weighted by Crippen LogP contribution is 2.27. The molecule has 1 fully saturated rings. The highest BCUT2D eigenvalue weighted by atomic mass is 35.5. The second kappa shape index (κ2) is 8.42. The number of nitrogens with zero attached hydrogens (tertiary/aromatic N) is 3. The zero-order valence-electron chi connectivity index (χ0n) is 14.7. The van der Waals surface area contributed by atoms with Gasteiger partial charge in [0.25, 0.3) is 0 Å². The van der Waals surface area contributed by atoms with Crippen molar-refractivity contribution in [2.75, 3.05) is 24.5 Å². The number of carbonyl (C=O) groups excluding carboxylic acids is 1. The third-order valence-electron chi connectivity index (χ3n) is 4.52. The number of nitrogens with one attached hydrogen (secondary N) is 2. The number of aromatic nitrogens is 2. The topological polar surface area (TPSA) is 82.4 Å². The monoisotopic (exact) mass is 377 g/mol. The Kier molecular flexibility index (Phi) is 6.00. The van der Waals surface area contributed by atoms with E-state index in [1.807, 2.05) is 24.3 Å². The molecule has 1 aliphatic heterocycles. The van der Waals surface area contributed by atoms with E-state index in [-0.39, 0.29) is 18.6 Å². The van der Waals surface area contributed by atoms with Crippen molar-refractivity contribution in [3.63, 3.8) is 0 Å². The molecular formula is C18H24ClN5O2. The molecule has 0 radical (unpaired) electrons. The van der Waals surface area contributed by atoms with Crippen LogP contribution in [0.5, 0.6) is 0 Å². The van der Waals surface area contributed by atoms with E-state index in [0.717, 1.165) is 30.1 Å². The Morgan fingerprint density at radius 1 is 1.46 bits per heavy atom. The SMILES string of the molecule is Cn1cc(C(O)CNC(=O)NC2CCCN(c3ccccc3Cl)C2)cn1. The molecule has 7 nitrogen and oxygen atoms in total. The van der Waals surface area contributed by atoms with Gasteiger partial charge in [-0.1, -0.05) is 23.7 Å². The minimum Gasteiger partial charge on any atom is -0.386 e. The Balaban J connectivity index is 1.49. The number of piperidine rings is 1. The number of hydrogen-bond donors (Lipinski definition) is 3. The van der Waals surface area contributed by atoms with E-state index in [0.29, 0.717) is 12.1 Å². The summed E-state index contributed by atoms with van der Waals surface area (Å²) < 4.78 is 1.62. The van der Waals surface area contributed by atoms with Gasteiger partial charge < -0.3 is 20.6 Å². The molecule has 1 aromatic carbocycles. The molecule has 0 bridgehead atoms. The molecule has 2 unspecified atom stereocenters. The molecule has 8 heteroatoms. The molecule has 2 heterocycles. The molecule has 3 N–H and O–H groups in total. The van der Waals surface area contributed by atoms with Crippen molar-refractivity contribution in [1.29, 1.82) is 0 Å². The van der Waals surface area contributed by atoms with Gasteiger partial charge in [0.05, 0.1) is 23.0 Å². The largest absolute Gasteiger partial charge is 0.386 e. The second-order valence-electron chi connectivity index (χ2n) is 6.55. The zero-order valence-corrected chi connectivity index (χ0v) is 15.5. The lowest BCUT2D eigenvalue weighted by atomic mass is 10.0. The van der Waals surface area contributed by atoms with Gasteiger partial charge in [0, 0.05) is 44.5 Å². The van der Waals surface area contributed by atoms with E-state index in [4.69, 9.17) is 11.6 Å². The van der Waals surface area contributed by atoms with Crippen LogP contribution < -0.4 is 15.5 Å². The maximum atomic E-state index is 12.2. The van der Waals surface area contributed by atoms with E-state index in [1.165, 1.54) is 0 Å². The molecule has 0 spiro atoms. The fraction of sp³-hybridized carbons (Fsp3) is 0.444. The Hall–Kier alpha value is -2.25. The molecule has 2 atom stereocenters. The zero-order chi connectivity index (χ0) is 18.5. The first-order chi connectivity index (χ1) is 12.5. The predicted octanol–water partition coefficient (Wildman–Crippen LogP) is 2.08. The lowest BCUT2D eigenvalue weighted by molar-refractivity contribution is 0.172. The summed E-state index contributed by atoms with van der Waals surface area (Å²) in [5.74, 6) is 0. The maximum absolute atomic E-state index is 12.2. The fourth-order valence-electron chi connectivity index (χ4n) is 3.18. The smallest absolute Gasteiger partial charge is 0.315 e. The van der Waals surface area contributed by atoms with Gasteiger partial charge in [0.2, 0.25) is 0 Å². The Bertz CT molecular complexity index is 751. The molecule has 3 rings (SSSR count). The lowest BCUT2D eigenvalue weighted by Gasteiger charge is -2.35. The van der Waals surface area contributed by atoms with Crippen LogP contribution in [0, 0.1) is 0 Å². The van der Waals surface area contributed by atoms with Gasteiger partial charge in [-0.15, -0.1) is 0 Å². The summed E-state index contributed by atoms with van der Waals surface area (Å²) in [7, 11) is 1.78. The quantitative estimate of drug-likeness (QED) is 0.745. The summed E-state index contributed by atoms with van der Waals surface area (Å²) in [5.41, 5.74) is 1.67. The minimum atomic E-state index is -0.777. The molecule has 1 aliphatic rings. The van der Waals surface area contributed by atoms with E-state index in [2.05, 4.69) is 20.6 Å². The summed E-state index contributed by atoms with van der Waals surface area (Å²) in [6.45, 7) is 1.77. The predicted molar refractivity (Wildman–Crippen MR) is 101 cm³/mol. The number of rotatable bonds is 5. The summed E-state index contributed by atoms with van der Waals surface area (Å²) >= 11 is 6.28. The molecule has 1 saturated heterocycles. The van der Waals surface area contributed by atoms with Crippen LogP contribution in [0.4, 0.5) is 10.5 Å². The molecule has 2 amide bonds. The number of carbonyl (C=O) groups is 1. The molecule has 0 aliphatic carbocycles. The average Bonchev–Trinajstić information content (AvgIpc) is 3.07. The Morgan fingerprint density at radius 2 is 2.27 bits per heavy atom. The average molecular weight is 378 g/mol. The number of aliphatic hydroxyl groups excluding tert-OH is 1. The number of benzene rings is 1. The summed E-state index contributed by atoms with van der Waals surface area (Å²) in [4.78, 5) is 14.4. The van der Waals surface area contributed by atoms with Crippen molar-refractivity contribution in [3.8, 4) is 0 Å². The van der Waals surface area contributed by atoms with Crippen LogP contribution in [0.15, 0.2) is 36.7 Å². The van der Waals surface area contributed by atoms with Crippen LogP contribution in [0.2, 0.25) is 5.02 Å². The number of urea groups is 1. The van der Waals surface area contributed by atoms with Gasteiger partial charge in [-0.2, -0.15) is 5.10 Å². The van der Waals surface area contributed by atoms with Crippen molar-refractivity contribution < 1.29 is 9.90 Å². The third kappa shape index (κ3) is 4.68. The van der Waals surface area contributed by atoms with E-state index < -0.39 is 6.10 Å². The minimum absolute atomic E-state index is 0.0376. The lowest BCUT2D eigenvalue weighted by Crippen LogP contribution is -2.51. The van der Waals surface area contributed by atoms with Crippen LogP contribution in [0.1, 0.15) is 24.5 Å². The summed E-state index contributed by atoms with van der Waals surface area (Å²) in [6.07, 6.45) is 4.44. The molecular weight excluding hydrogens is 354 g/mol. The maximum Gasteiger partial charge on any atom is 0.315 e. The van der Waals surface area contributed by atoms with Crippen LogP contribution in [0.3, 0.4) is 0 Å². The van der Waals surface area contributed by atoms with Crippen molar-refractivity contribution in [3.05, 3.63) is 47.2 Å². The van der Waals surface area contributed by atoms with E-state index in [9.17, 15) is 9.90 Å². The summed E-state index contributed by atoms with van der Waals surface area (Å²) in [6, 6.07) is 7.50. The van der Waals surface area contributed by atoms with Gasteiger partial charge in [-0.25, -0.2) is 4.79 Å². The van der Waals surface area contributed by atoms with Gasteiger partial charge >= 0.3 is 6.03 Å². The van der Waals surface area contributed by atoms with Crippen molar-refractivity contribution in [1.82, 2.24) is 20.4 Å². The number of aryl methyl sites for hydroxylation is 1. The number of aliphatic hydroxyl groups is 1. The van der Waals surface area contributed by atoms with E-state index in [1.54, 1.807) is 24.1 Å². The van der Waals surface area contributed by atoms with Gasteiger partial charge in [-0.05, 0) is 25.0 Å². The number of para-hydroxylation sites is 1. The van der Waals surface area contributed by atoms with Crippen LogP contribution in [0.25, 0.3) is 0 Å².